The zero-order chi connectivity index (χ0) is 20.4. The summed E-state index contributed by atoms with van der Waals surface area (Å²) in [6.45, 7) is 3.65. The van der Waals surface area contributed by atoms with E-state index in [0.29, 0.717) is 29.4 Å². The number of rotatable bonds is 6. The number of aromatic nitrogens is 2. The zero-order valence-corrected chi connectivity index (χ0v) is 17.5. The lowest BCUT2D eigenvalue weighted by Gasteiger charge is -2.13. The van der Waals surface area contributed by atoms with Gasteiger partial charge in [-0.15, -0.1) is 11.3 Å². The molecule has 0 bridgehead atoms. The molecule has 4 rings (SSSR count). The minimum atomic E-state index is -3.73. The highest BCUT2D eigenvalue weighted by Crippen LogP contribution is 2.26. The Balaban J connectivity index is 1.61. The van der Waals surface area contributed by atoms with Crippen molar-refractivity contribution in [1.82, 2.24) is 10.1 Å². The van der Waals surface area contributed by atoms with Gasteiger partial charge in [0.15, 0.2) is 0 Å². The van der Waals surface area contributed by atoms with E-state index in [1.54, 1.807) is 31.2 Å². The molecule has 0 unspecified atom stereocenters. The molecule has 0 aliphatic carbocycles. The van der Waals surface area contributed by atoms with E-state index in [4.69, 9.17) is 4.52 Å². The molecule has 4 aromatic rings. The van der Waals surface area contributed by atoms with E-state index < -0.39 is 10.0 Å². The maximum Gasteiger partial charge on any atom is 0.262 e. The van der Waals surface area contributed by atoms with Gasteiger partial charge in [-0.2, -0.15) is 4.98 Å². The van der Waals surface area contributed by atoms with Crippen molar-refractivity contribution in [2.45, 2.75) is 25.2 Å². The molecule has 2 heterocycles. The van der Waals surface area contributed by atoms with Crippen LogP contribution in [0.4, 0.5) is 5.69 Å². The largest absolute Gasteiger partial charge is 0.339 e. The van der Waals surface area contributed by atoms with Gasteiger partial charge in [0.05, 0.1) is 21.9 Å². The van der Waals surface area contributed by atoms with E-state index in [1.165, 1.54) is 11.3 Å². The summed E-state index contributed by atoms with van der Waals surface area (Å²) in [5.41, 5.74) is 2.82. The van der Waals surface area contributed by atoms with Crippen LogP contribution in [-0.2, 0) is 16.4 Å². The van der Waals surface area contributed by atoms with E-state index >= 15 is 0 Å². The van der Waals surface area contributed by atoms with Gasteiger partial charge in [-0.1, -0.05) is 41.6 Å². The van der Waals surface area contributed by atoms with Gasteiger partial charge in [0, 0.05) is 0 Å². The van der Waals surface area contributed by atoms with Crippen molar-refractivity contribution in [2.75, 3.05) is 4.72 Å². The van der Waals surface area contributed by atoms with Crippen LogP contribution >= 0.6 is 11.3 Å². The standard InChI is InChI=1S/C21H19N3O3S2/c1-14-9-10-15(2)19(12-14)29(25,26)24-17-7-4-3-6-16(17)13-20-22-21(23-27-20)18-8-5-11-28-18/h3-12,24H,13H2,1-2H3. The van der Waals surface area contributed by atoms with Crippen LogP contribution in [0.1, 0.15) is 22.6 Å². The second kappa shape index (κ2) is 7.81. The maximum absolute atomic E-state index is 13.0. The van der Waals surface area contributed by atoms with Gasteiger partial charge in [0.1, 0.15) is 0 Å². The molecule has 0 radical (unpaired) electrons. The van der Waals surface area contributed by atoms with Gasteiger partial charge in [-0.05, 0) is 54.1 Å². The van der Waals surface area contributed by atoms with E-state index in [0.717, 1.165) is 16.0 Å². The van der Waals surface area contributed by atoms with Crippen molar-refractivity contribution >= 4 is 27.0 Å². The summed E-state index contributed by atoms with van der Waals surface area (Å²) in [6.07, 6.45) is 0.323. The van der Waals surface area contributed by atoms with Gasteiger partial charge in [0.25, 0.3) is 10.0 Å². The minimum Gasteiger partial charge on any atom is -0.339 e. The van der Waals surface area contributed by atoms with Crippen molar-refractivity contribution in [3.05, 3.63) is 82.6 Å². The highest BCUT2D eigenvalue weighted by molar-refractivity contribution is 7.92. The molecule has 1 N–H and O–H groups in total. The van der Waals surface area contributed by atoms with E-state index in [1.807, 2.05) is 42.6 Å². The highest BCUT2D eigenvalue weighted by Gasteiger charge is 2.19. The predicted octanol–water partition coefficient (Wildman–Crippen LogP) is 4.81. The van der Waals surface area contributed by atoms with Crippen LogP contribution in [0, 0.1) is 13.8 Å². The number of anilines is 1. The number of nitrogens with zero attached hydrogens (tertiary/aromatic N) is 2. The average molecular weight is 426 g/mol. The molecule has 0 fully saturated rings. The first-order chi connectivity index (χ1) is 13.9. The molecule has 0 aliphatic heterocycles. The second-order valence-corrected chi connectivity index (χ2v) is 9.30. The van der Waals surface area contributed by atoms with E-state index in [-0.39, 0.29) is 4.90 Å². The predicted molar refractivity (Wildman–Crippen MR) is 114 cm³/mol. The monoisotopic (exact) mass is 425 g/mol. The molecular formula is C21H19N3O3S2. The van der Waals surface area contributed by atoms with Crippen LogP contribution < -0.4 is 4.72 Å². The van der Waals surface area contributed by atoms with Crippen LogP contribution in [0.5, 0.6) is 0 Å². The van der Waals surface area contributed by atoms with Crippen LogP contribution in [-0.4, -0.2) is 18.6 Å². The Bertz CT molecular complexity index is 1250. The SMILES string of the molecule is Cc1ccc(C)c(S(=O)(=O)Nc2ccccc2Cc2nc(-c3cccs3)no2)c1. The number of aryl methyl sites for hydroxylation is 2. The number of thiophene rings is 1. The lowest BCUT2D eigenvalue weighted by atomic mass is 10.1. The van der Waals surface area contributed by atoms with Gasteiger partial charge in [-0.3, -0.25) is 4.72 Å². The Labute approximate surface area is 173 Å². The Morgan fingerprint density at radius 1 is 1.07 bits per heavy atom. The number of nitrogens with one attached hydrogen (secondary N) is 1. The molecule has 0 aliphatic rings. The Morgan fingerprint density at radius 2 is 1.90 bits per heavy atom. The summed E-state index contributed by atoms with van der Waals surface area (Å²) in [5.74, 6) is 0.954. The zero-order valence-electron chi connectivity index (χ0n) is 15.9. The summed E-state index contributed by atoms with van der Waals surface area (Å²) < 4.78 is 34.0. The smallest absolute Gasteiger partial charge is 0.262 e. The molecule has 0 spiro atoms. The quantitative estimate of drug-likeness (QED) is 0.479. The molecule has 8 heteroatoms. The lowest BCUT2D eigenvalue weighted by molar-refractivity contribution is 0.386. The van der Waals surface area contributed by atoms with Crippen LogP contribution in [0.3, 0.4) is 0 Å². The van der Waals surface area contributed by atoms with Gasteiger partial charge in [-0.25, -0.2) is 8.42 Å². The van der Waals surface area contributed by atoms with E-state index in [2.05, 4.69) is 14.9 Å². The minimum absolute atomic E-state index is 0.269. The van der Waals surface area contributed by atoms with Crippen LogP contribution in [0.15, 0.2) is 69.4 Å². The lowest BCUT2D eigenvalue weighted by Crippen LogP contribution is -2.15. The molecular weight excluding hydrogens is 406 g/mol. The fraction of sp³-hybridized carbons (Fsp3) is 0.143. The number of hydrogen-bond donors (Lipinski definition) is 1. The molecule has 148 valence electrons. The number of sulfonamides is 1. The average Bonchev–Trinajstić information content (AvgIpc) is 3.37. The topological polar surface area (TPSA) is 85.1 Å². The molecule has 0 amide bonds. The summed E-state index contributed by atoms with van der Waals surface area (Å²) in [6, 6.07) is 16.4. The third-order valence-electron chi connectivity index (χ3n) is 4.45. The molecule has 2 aromatic heterocycles. The van der Waals surface area contributed by atoms with Gasteiger partial charge >= 0.3 is 0 Å². The molecule has 2 aromatic carbocycles. The van der Waals surface area contributed by atoms with E-state index in [9.17, 15) is 8.42 Å². The fourth-order valence-electron chi connectivity index (χ4n) is 2.97. The van der Waals surface area contributed by atoms with Crippen molar-refractivity contribution < 1.29 is 12.9 Å². The summed E-state index contributed by atoms with van der Waals surface area (Å²) in [4.78, 5) is 5.61. The first-order valence-electron chi connectivity index (χ1n) is 8.97. The second-order valence-electron chi connectivity index (χ2n) is 6.70. The first kappa shape index (κ1) is 19.4. The Kier molecular flexibility index (Phi) is 5.21. The number of hydrogen-bond acceptors (Lipinski definition) is 6. The van der Waals surface area contributed by atoms with Crippen molar-refractivity contribution in [2.24, 2.45) is 0 Å². The van der Waals surface area contributed by atoms with Crippen molar-refractivity contribution in [3.8, 4) is 10.7 Å². The third-order valence-corrected chi connectivity index (χ3v) is 6.82. The van der Waals surface area contributed by atoms with Gasteiger partial charge < -0.3 is 4.52 Å². The fourth-order valence-corrected chi connectivity index (χ4v) is 5.05. The normalized spacial score (nSPS) is 11.5. The summed E-state index contributed by atoms with van der Waals surface area (Å²) in [5, 5.41) is 5.96. The maximum atomic E-state index is 13.0. The Morgan fingerprint density at radius 3 is 2.69 bits per heavy atom. The molecule has 0 atom stereocenters. The third kappa shape index (κ3) is 4.23. The van der Waals surface area contributed by atoms with Crippen molar-refractivity contribution in [1.29, 1.82) is 0 Å². The van der Waals surface area contributed by atoms with Crippen molar-refractivity contribution in [3.63, 3.8) is 0 Å². The molecule has 0 saturated heterocycles. The van der Waals surface area contributed by atoms with Crippen LogP contribution in [0.25, 0.3) is 10.7 Å². The molecule has 6 nitrogen and oxygen atoms in total. The summed E-state index contributed by atoms with van der Waals surface area (Å²) in [7, 11) is -3.73. The first-order valence-corrected chi connectivity index (χ1v) is 11.3. The molecule has 0 saturated carbocycles. The summed E-state index contributed by atoms with van der Waals surface area (Å²) >= 11 is 1.53. The number of benzene rings is 2. The Hall–Kier alpha value is -2.97. The van der Waals surface area contributed by atoms with Gasteiger partial charge in [0.2, 0.25) is 11.7 Å². The number of para-hydroxylation sites is 1. The molecule has 29 heavy (non-hydrogen) atoms. The highest BCUT2D eigenvalue weighted by atomic mass is 32.2. The van der Waals surface area contributed by atoms with Crippen LogP contribution in [0.2, 0.25) is 0 Å².